The molecule has 0 spiro atoms. The van der Waals surface area contributed by atoms with Crippen molar-refractivity contribution < 1.29 is 4.79 Å². The minimum absolute atomic E-state index is 0.423. The SMILES string of the molecule is NC(=O)C(N)CN1CCNCC1. The minimum Gasteiger partial charge on any atom is -0.368 e. The third-order valence-corrected chi connectivity index (χ3v) is 2.03. The summed E-state index contributed by atoms with van der Waals surface area (Å²) in [5.74, 6) is -0.423. The van der Waals surface area contributed by atoms with E-state index in [0.717, 1.165) is 26.2 Å². The van der Waals surface area contributed by atoms with Crippen LogP contribution in [0, 0.1) is 0 Å². The van der Waals surface area contributed by atoms with Crippen LogP contribution in [0.3, 0.4) is 0 Å². The first-order valence-corrected chi connectivity index (χ1v) is 4.18. The second-order valence-electron chi connectivity index (χ2n) is 3.06. The number of carbonyl (C=O) groups excluding carboxylic acids is 1. The quantitative estimate of drug-likeness (QED) is 0.447. The molecular formula is C7H16N4O. The number of hydrogen-bond donors (Lipinski definition) is 3. The van der Waals surface area contributed by atoms with Gasteiger partial charge in [0.25, 0.3) is 0 Å². The first-order valence-electron chi connectivity index (χ1n) is 4.18. The Morgan fingerprint density at radius 1 is 1.50 bits per heavy atom. The third kappa shape index (κ3) is 2.77. The average Bonchev–Trinajstić information content (AvgIpc) is 2.06. The lowest BCUT2D eigenvalue weighted by molar-refractivity contribution is -0.119. The molecule has 12 heavy (non-hydrogen) atoms. The molecule has 5 N–H and O–H groups in total. The highest BCUT2D eigenvalue weighted by atomic mass is 16.1. The second-order valence-corrected chi connectivity index (χ2v) is 3.06. The Balaban J connectivity index is 2.24. The number of piperazine rings is 1. The van der Waals surface area contributed by atoms with E-state index < -0.39 is 11.9 Å². The van der Waals surface area contributed by atoms with Crippen molar-refractivity contribution in [2.75, 3.05) is 32.7 Å². The van der Waals surface area contributed by atoms with Gasteiger partial charge in [0.2, 0.25) is 5.91 Å². The lowest BCUT2D eigenvalue weighted by Gasteiger charge is -2.28. The molecule has 1 unspecified atom stereocenters. The molecule has 0 radical (unpaired) electrons. The van der Waals surface area contributed by atoms with E-state index in [1.165, 1.54) is 0 Å². The molecule has 1 aliphatic heterocycles. The predicted molar refractivity (Wildman–Crippen MR) is 46.5 cm³/mol. The number of rotatable bonds is 3. The molecular weight excluding hydrogens is 156 g/mol. The average molecular weight is 172 g/mol. The van der Waals surface area contributed by atoms with Crippen molar-refractivity contribution in [3.05, 3.63) is 0 Å². The molecule has 1 heterocycles. The Morgan fingerprint density at radius 3 is 2.58 bits per heavy atom. The van der Waals surface area contributed by atoms with Gasteiger partial charge in [0, 0.05) is 32.7 Å². The van der Waals surface area contributed by atoms with E-state index in [0.29, 0.717) is 6.54 Å². The van der Waals surface area contributed by atoms with Crippen LogP contribution in [0.5, 0.6) is 0 Å². The fourth-order valence-electron chi connectivity index (χ4n) is 1.26. The number of nitrogens with zero attached hydrogens (tertiary/aromatic N) is 1. The second kappa shape index (κ2) is 4.39. The van der Waals surface area contributed by atoms with E-state index in [-0.39, 0.29) is 0 Å². The van der Waals surface area contributed by atoms with Gasteiger partial charge in [-0.05, 0) is 0 Å². The first kappa shape index (κ1) is 9.44. The van der Waals surface area contributed by atoms with E-state index in [1.54, 1.807) is 0 Å². The summed E-state index contributed by atoms with van der Waals surface area (Å²) in [5, 5.41) is 3.22. The molecule has 0 aliphatic carbocycles. The lowest BCUT2D eigenvalue weighted by atomic mass is 10.2. The van der Waals surface area contributed by atoms with E-state index in [2.05, 4.69) is 10.2 Å². The normalized spacial score (nSPS) is 22.1. The molecule has 0 bridgehead atoms. The summed E-state index contributed by atoms with van der Waals surface area (Å²) in [7, 11) is 0. The van der Waals surface area contributed by atoms with Crippen LogP contribution in [0.15, 0.2) is 0 Å². The van der Waals surface area contributed by atoms with Crippen LogP contribution in [-0.2, 0) is 4.79 Å². The van der Waals surface area contributed by atoms with Crippen molar-refractivity contribution in [1.82, 2.24) is 10.2 Å². The number of primary amides is 1. The lowest BCUT2D eigenvalue weighted by Crippen LogP contribution is -2.51. The van der Waals surface area contributed by atoms with Gasteiger partial charge in [0.05, 0.1) is 6.04 Å². The molecule has 1 atom stereocenters. The Kier molecular flexibility index (Phi) is 3.46. The fourth-order valence-corrected chi connectivity index (χ4v) is 1.26. The molecule has 0 saturated carbocycles. The Bertz CT molecular complexity index is 155. The highest BCUT2D eigenvalue weighted by Gasteiger charge is 2.16. The van der Waals surface area contributed by atoms with Crippen molar-refractivity contribution in [2.45, 2.75) is 6.04 Å². The molecule has 5 nitrogen and oxygen atoms in total. The van der Waals surface area contributed by atoms with Crippen molar-refractivity contribution in [3.8, 4) is 0 Å². The number of carbonyl (C=O) groups is 1. The standard InChI is InChI=1S/C7H16N4O/c8-6(7(9)12)5-11-3-1-10-2-4-11/h6,10H,1-5,8H2,(H2,9,12). The van der Waals surface area contributed by atoms with Crippen LogP contribution in [0.1, 0.15) is 0 Å². The van der Waals surface area contributed by atoms with E-state index in [4.69, 9.17) is 11.5 Å². The summed E-state index contributed by atoms with van der Waals surface area (Å²) in [6.45, 7) is 4.40. The highest BCUT2D eigenvalue weighted by molar-refractivity contribution is 5.79. The van der Waals surface area contributed by atoms with Crippen LogP contribution in [0.2, 0.25) is 0 Å². The van der Waals surface area contributed by atoms with Gasteiger partial charge in [-0.2, -0.15) is 0 Å². The maximum absolute atomic E-state index is 10.6. The summed E-state index contributed by atoms with van der Waals surface area (Å²) in [5.41, 5.74) is 10.6. The predicted octanol–water partition coefficient (Wildman–Crippen LogP) is -2.30. The molecule has 70 valence electrons. The van der Waals surface area contributed by atoms with E-state index >= 15 is 0 Å². The van der Waals surface area contributed by atoms with Crippen molar-refractivity contribution >= 4 is 5.91 Å². The maximum Gasteiger partial charge on any atom is 0.235 e. The molecule has 1 fully saturated rings. The zero-order valence-electron chi connectivity index (χ0n) is 7.12. The number of nitrogens with two attached hydrogens (primary N) is 2. The van der Waals surface area contributed by atoms with Crippen molar-refractivity contribution in [2.24, 2.45) is 11.5 Å². The smallest absolute Gasteiger partial charge is 0.235 e. The molecule has 1 saturated heterocycles. The Hall–Kier alpha value is -0.650. The van der Waals surface area contributed by atoms with Crippen molar-refractivity contribution in [1.29, 1.82) is 0 Å². The molecule has 1 rings (SSSR count). The number of nitrogens with one attached hydrogen (secondary N) is 1. The number of hydrogen-bond acceptors (Lipinski definition) is 4. The highest BCUT2D eigenvalue weighted by Crippen LogP contribution is 1.92. The van der Waals surface area contributed by atoms with E-state index in [9.17, 15) is 4.79 Å². The van der Waals surface area contributed by atoms with Gasteiger partial charge in [-0.3, -0.25) is 9.69 Å². The monoisotopic (exact) mass is 172 g/mol. The third-order valence-electron chi connectivity index (χ3n) is 2.03. The van der Waals surface area contributed by atoms with Crippen molar-refractivity contribution in [3.63, 3.8) is 0 Å². The van der Waals surface area contributed by atoms with Crippen LogP contribution >= 0.6 is 0 Å². The molecule has 0 aromatic rings. The fraction of sp³-hybridized carbons (Fsp3) is 0.857. The van der Waals surface area contributed by atoms with Crippen LogP contribution in [0.25, 0.3) is 0 Å². The summed E-state index contributed by atoms with van der Waals surface area (Å²) in [6.07, 6.45) is 0. The molecule has 0 aromatic carbocycles. The van der Waals surface area contributed by atoms with Crippen LogP contribution in [0.4, 0.5) is 0 Å². The summed E-state index contributed by atoms with van der Waals surface area (Å²) in [6, 6.07) is -0.525. The Labute approximate surface area is 72.1 Å². The zero-order chi connectivity index (χ0) is 8.97. The summed E-state index contributed by atoms with van der Waals surface area (Å²) in [4.78, 5) is 12.8. The van der Waals surface area contributed by atoms with Gasteiger partial charge in [0.15, 0.2) is 0 Å². The minimum atomic E-state index is -0.525. The van der Waals surface area contributed by atoms with Gasteiger partial charge in [-0.1, -0.05) is 0 Å². The molecule has 1 aliphatic rings. The topological polar surface area (TPSA) is 84.4 Å². The van der Waals surface area contributed by atoms with Gasteiger partial charge in [-0.15, -0.1) is 0 Å². The van der Waals surface area contributed by atoms with Crippen LogP contribution < -0.4 is 16.8 Å². The molecule has 1 amide bonds. The zero-order valence-corrected chi connectivity index (χ0v) is 7.12. The number of amides is 1. The summed E-state index contributed by atoms with van der Waals surface area (Å²) < 4.78 is 0. The summed E-state index contributed by atoms with van der Waals surface area (Å²) >= 11 is 0. The van der Waals surface area contributed by atoms with Gasteiger partial charge >= 0.3 is 0 Å². The van der Waals surface area contributed by atoms with Gasteiger partial charge in [-0.25, -0.2) is 0 Å². The maximum atomic E-state index is 10.6. The molecule has 5 heteroatoms. The first-order chi connectivity index (χ1) is 5.70. The van der Waals surface area contributed by atoms with E-state index in [1.807, 2.05) is 0 Å². The van der Waals surface area contributed by atoms with Gasteiger partial charge < -0.3 is 16.8 Å². The van der Waals surface area contributed by atoms with Crippen LogP contribution in [-0.4, -0.2) is 49.6 Å². The van der Waals surface area contributed by atoms with Gasteiger partial charge in [0.1, 0.15) is 0 Å². The Morgan fingerprint density at radius 2 is 2.08 bits per heavy atom. The largest absolute Gasteiger partial charge is 0.368 e. The molecule has 0 aromatic heterocycles.